The number of rotatable bonds is 9. The van der Waals surface area contributed by atoms with Gasteiger partial charge in [0.15, 0.2) is 23.6 Å². The van der Waals surface area contributed by atoms with Crippen LogP contribution in [-0.2, 0) is 19.1 Å². The molecule has 4 unspecified atom stereocenters. The maximum absolute atomic E-state index is 13.2. The van der Waals surface area contributed by atoms with E-state index in [1.54, 1.807) is 0 Å². The summed E-state index contributed by atoms with van der Waals surface area (Å²) in [4.78, 5) is 36.9. The number of aliphatic hydroxyl groups is 4. The number of carbonyl (C=O) groups is 3. The molecule has 0 spiro atoms. The Morgan fingerprint density at radius 2 is 1.80 bits per heavy atom. The molecule has 0 aromatic rings. The van der Waals surface area contributed by atoms with Gasteiger partial charge in [0, 0.05) is 18.8 Å². The van der Waals surface area contributed by atoms with Crippen LogP contribution in [0.2, 0.25) is 0 Å². The zero-order valence-corrected chi connectivity index (χ0v) is 20.8. The van der Waals surface area contributed by atoms with Crippen LogP contribution in [0.25, 0.3) is 0 Å². The molecule has 0 saturated heterocycles. The van der Waals surface area contributed by atoms with Gasteiger partial charge in [0.25, 0.3) is 0 Å². The van der Waals surface area contributed by atoms with Crippen molar-refractivity contribution in [3.63, 3.8) is 0 Å². The summed E-state index contributed by atoms with van der Waals surface area (Å²) < 4.78 is 5.20. The van der Waals surface area contributed by atoms with E-state index in [9.17, 15) is 29.7 Å². The molecule has 0 aliphatic heterocycles. The van der Waals surface area contributed by atoms with E-state index >= 15 is 0 Å². The maximum Gasteiger partial charge on any atom is 0.184 e. The number of hydrogen-bond acceptors (Lipinski definition) is 8. The molecule has 0 bridgehead atoms. The fourth-order valence-corrected chi connectivity index (χ4v) is 8.06. The number of aliphatic hydroxyl groups excluding tert-OH is 4. The summed E-state index contributed by atoms with van der Waals surface area (Å²) >= 11 is 0. The Bertz CT molecular complexity index is 882. The van der Waals surface area contributed by atoms with Gasteiger partial charge in [-0.2, -0.15) is 0 Å². The van der Waals surface area contributed by atoms with E-state index in [-0.39, 0.29) is 34.7 Å². The lowest BCUT2D eigenvalue weighted by atomic mass is 9.46. The Balaban J connectivity index is 1.39. The molecular weight excluding hydrogens is 452 g/mol. The second kappa shape index (κ2) is 10.1. The van der Waals surface area contributed by atoms with Crippen LogP contribution in [0.1, 0.15) is 71.6 Å². The van der Waals surface area contributed by atoms with Crippen molar-refractivity contribution in [1.82, 2.24) is 0 Å². The van der Waals surface area contributed by atoms with Crippen LogP contribution in [0, 0.1) is 34.5 Å². The van der Waals surface area contributed by atoms with E-state index in [1.165, 1.54) is 5.57 Å². The van der Waals surface area contributed by atoms with Crippen LogP contribution >= 0.6 is 0 Å². The first-order valence-corrected chi connectivity index (χ1v) is 13.1. The van der Waals surface area contributed by atoms with Gasteiger partial charge in [-0.1, -0.05) is 19.4 Å². The Labute approximate surface area is 206 Å². The van der Waals surface area contributed by atoms with Gasteiger partial charge in [-0.05, 0) is 79.6 Å². The molecule has 0 radical (unpaired) electrons. The molecule has 8 heteroatoms. The average Bonchev–Trinajstić information content (AvgIpc) is 3.19. The second-order valence-electron chi connectivity index (χ2n) is 11.7. The van der Waals surface area contributed by atoms with E-state index in [2.05, 4.69) is 13.8 Å². The minimum absolute atomic E-state index is 0.0813. The molecule has 196 valence electrons. The highest BCUT2D eigenvalue weighted by molar-refractivity contribution is 5.91. The third kappa shape index (κ3) is 4.68. The van der Waals surface area contributed by atoms with E-state index < -0.39 is 37.5 Å². The fourth-order valence-electron chi connectivity index (χ4n) is 8.06. The second-order valence-corrected chi connectivity index (χ2v) is 11.7. The lowest BCUT2D eigenvalue weighted by molar-refractivity contribution is -0.193. The molecule has 4 aliphatic carbocycles. The van der Waals surface area contributed by atoms with E-state index in [1.807, 2.05) is 6.08 Å². The van der Waals surface area contributed by atoms with Crippen molar-refractivity contribution in [2.24, 2.45) is 34.5 Å². The number of Topliss-reactive ketones (excluding diaryl/α,β-unsaturated/α-hetero) is 2. The van der Waals surface area contributed by atoms with Gasteiger partial charge in [-0.3, -0.25) is 14.4 Å². The predicted molar refractivity (Wildman–Crippen MR) is 126 cm³/mol. The molecule has 9 atom stereocenters. The third-order valence-electron chi connectivity index (χ3n) is 10.1. The fraction of sp³-hybridized carbons (Fsp3) is 0.815. The van der Waals surface area contributed by atoms with Crippen LogP contribution < -0.4 is 0 Å². The molecule has 35 heavy (non-hydrogen) atoms. The minimum Gasteiger partial charge on any atom is -0.396 e. The molecule has 0 aromatic heterocycles. The molecule has 4 aliphatic rings. The van der Waals surface area contributed by atoms with Gasteiger partial charge in [-0.25, -0.2) is 0 Å². The van der Waals surface area contributed by atoms with Crippen molar-refractivity contribution in [2.75, 3.05) is 13.2 Å². The number of hydrogen-bond donors (Lipinski definition) is 4. The third-order valence-corrected chi connectivity index (χ3v) is 10.1. The minimum atomic E-state index is -1.89. The van der Waals surface area contributed by atoms with Crippen molar-refractivity contribution in [3.8, 4) is 0 Å². The highest BCUT2D eigenvalue weighted by atomic mass is 16.6. The lowest BCUT2D eigenvalue weighted by Gasteiger charge is -2.58. The van der Waals surface area contributed by atoms with Gasteiger partial charge in [0.2, 0.25) is 0 Å². The van der Waals surface area contributed by atoms with Crippen molar-refractivity contribution in [1.29, 1.82) is 0 Å². The summed E-state index contributed by atoms with van der Waals surface area (Å²) in [6.07, 6.45) is 3.16. The van der Waals surface area contributed by atoms with Crippen LogP contribution in [0.5, 0.6) is 0 Å². The molecule has 0 heterocycles. The predicted octanol–water partition coefficient (Wildman–Crippen LogP) is 1.71. The Hall–Kier alpha value is -1.45. The zero-order valence-electron chi connectivity index (χ0n) is 20.8. The molecule has 0 aromatic carbocycles. The maximum atomic E-state index is 13.2. The van der Waals surface area contributed by atoms with E-state index in [0.29, 0.717) is 24.2 Å². The van der Waals surface area contributed by atoms with Gasteiger partial charge < -0.3 is 25.2 Å². The first kappa shape index (κ1) is 26.6. The Morgan fingerprint density at radius 1 is 1.06 bits per heavy atom. The lowest BCUT2D eigenvalue weighted by Crippen LogP contribution is -2.51. The van der Waals surface area contributed by atoms with Crippen LogP contribution in [-0.4, -0.2) is 69.5 Å². The van der Waals surface area contributed by atoms with Crippen LogP contribution in [0.15, 0.2) is 11.6 Å². The standard InChI is InChI=1S/C27H40O8/c1-26-10-7-16(29)13-15(26)3-4-17-18-5-6-20(27(18,2)11-8-19(17)26)22(31)14-35-25(34)24(33)23(32)21(30)9-12-28/h13,17-20,23-25,28,32-34H,3-12,14H2,1-2H3/t17-,18-,19-,20?,23?,24?,25?,26-,27+/m0/s1. The number of ketones is 3. The average molecular weight is 493 g/mol. The first-order valence-electron chi connectivity index (χ1n) is 13.1. The summed E-state index contributed by atoms with van der Waals surface area (Å²) in [5.41, 5.74) is 1.26. The largest absolute Gasteiger partial charge is 0.396 e. The monoisotopic (exact) mass is 492 g/mol. The molecular formula is C27H40O8. The van der Waals surface area contributed by atoms with Crippen LogP contribution in [0.3, 0.4) is 0 Å². The molecule has 4 rings (SSSR count). The van der Waals surface area contributed by atoms with Gasteiger partial charge in [-0.15, -0.1) is 0 Å². The molecule has 3 saturated carbocycles. The highest BCUT2D eigenvalue weighted by Crippen LogP contribution is 2.66. The zero-order chi connectivity index (χ0) is 25.5. The van der Waals surface area contributed by atoms with E-state index in [4.69, 9.17) is 9.84 Å². The van der Waals surface area contributed by atoms with Gasteiger partial charge in [0.1, 0.15) is 18.8 Å². The normalized spacial score (nSPS) is 39.0. The SMILES string of the molecule is C[C@]12CCC(=O)C=C1CC[C@@H]1[C@@H]2CC[C@@]2(C)C(C(=O)COC(O)C(O)C(O)C(=O)CCO)CC[C@@H]12. The Kier molecular flexibility index (Phi) is 7.70. The molecule has 8 nitrogen and oxygen atoms in total. The number of ether oxygens (including phenoxy) is 1. The summed E-state index contributed by atoms with van der Waals surface area (Å²) in [7, 11) is 0. The van der Waals surface area contributed by atoms with Crippen LogP contribution in [0.4, 0.5) is 0 Å². The number of fused-ring (bicyclic) bond motifs is 5. The summed E-state index contributed by atoms with van der Waals surface area (Å²) in [6.45, 7) is 3.68. The quantitative estimate of drug-likeness (QED) is 0.357. The first-order chi connectivity index (χ1) is 16.5. The summed E-state index contributed by atoms with van der Waals surface area (Å²) in [5.74, 6) is 0.619. The smallest absolute Gasteiger partial charge is 0.184 e. The molecule has 4 N–H and O–H groups in total. The topological polar surface area (TPSA) is 141 Å². The van der Waals surface area contributed by atoms with Gasteiger partial charge in [0.05, 0.1) is 6.61 Å². The molecule has 0 amide bonds. The summed E-state index contributed by atoms with van der Waals surface area (Å²) in [5, 5.41) is 38.7. The number of carbonyl (C=O) groups excluding carboxylic acids is 3. The summed E-state index contributed by atoms with van der Waals surface area (Å²) in [6, 6.07) is 0. The number of allylic oxidation sites excluding steroid dienone is 1. The Morgan fingerprint density at radius 3 is 2.51 bits per heavy atom. The van der Waals surface area contributed by atoms with E-state index in [0.717, 1.165) is 44.9 Å². The highest BCUT2D eigenvalue weighted by Gasteiger charge is 2.60. The molecule has 3 fully saturated rings. The van der Waals surface area contributed by atoms with Crippen molar-refractivity contribution < 1.29 is 39.5 Å². The van der Waals surface area contributed by atoms with Gasteiger partial charge >= 0.3 is 0 Å². The van der Waals surface area contributed by atoms with Crippen molar-refractivity contribution in [2.45, 2.75) is 90.1 Å². The van der Waals surface area contributed by atoms with Crippen molar-refractivity contribution in [3.05, 3.63) is 11.6 Å². The van der Waals surface area contributed by atoms with Crippen molar-refractivity contribution >= 4 is 17.3 Å².